The first-order valence-corrected chi connectivity index (χ1v) is 8.09. The van der Waals surface area contributed by atoms with Crippen LogP contribution in [-0.2, 0) is 4.74 Å². The average molecular weight is 323 g/mol. The number of halogens is 1. The van der Waals surface area contributed by atoms with Crippen molar-refractivity contribution in [2.45, 2.75) is 32.9 Å². The number of urea groups is 1. The fourth-order valence-corrected chi connectivity index (χ4v) is 2.64. The van der Waals surface area contributed by atoms with Gasteiger partial charge in [0.1, 0.15) is 5.82 Å². The molecule has 1 aromatic rings. The van der Waals surface area contributed by atoms with Gasteiger partial charge in [0.15, 0.2) is 0 Å². The van der Waals surface area contributed by atoms with Crippen LogP contribution in [0.2, 0.25) is 0 Å². The number of aryl methyl sites for hydroxylation is 1. The minimum absolute atomic E-state index is 0.0371. The number of amides is 2. The van der Waals surface area contributed by atoms with Gasteiger partial charge < -0.3 is 15.4 Å². The van der Waals surface area contributed by atoms with E-state index in [1.54, 1.807) is 13.0 Å². The molecule has 0 radical (unpaired) electrons. The van der Waals surface area contributed by atoms with E-state index < -0.39 is 0 Å². The summed E-state index contributed by atoms with van der Waals surface area (Å²) in [7, 11) is 0. The Morgan fingerprint density at radius 1 is 1.30 bits per heavy atom. The molecular weight excluding hydrogens is 297 g/mol. The Morgan fingerprint density at radius 3 is 2.65 bits per heavy atom. The molecular formula is C17H26FN3O2. The van der Waals surface area contributed by atoms with Crippen molar-refractivity contribution < 1.29 is 13.9 Å². The quantitative estimate of drug-likeness (QED) is 0.873. The summed E-state index contributed by atoms with van der Waals surface area (Å²) >= 11 is 0. The number of carbonyl (C=O) groups excluding carboxylic acids is 1. The fourth-order valence-electron chi connectivity index (χ4n) is 2.64. The summed E-state index contributed by atoms with van der Waals surface area (Å²) in [6.07, 6.45) is 0. The molecule has 0 saturated carbocycles. The molecule has 0 aliphatic carbocycles. The normalized spacial score (nSPS) is 18.3. The molecule has 1 aliphatic heterocycles. The molecule has 1 aromatic carbocycles. The van der Waals surface area contributed by atoms with E-state index in [1.165, 1.54) is 6.07 Å². The fraction of sp³-hybridized carbons (Fsp3) is 0.588. The first-order valence-electron chi connectivity index (χ1n) is 8.09. The van der Waals surface area contributed by atoms with Crippen LogP contribution in [-0.4, -0.2) is 49.8 Å². The van der Waals surface area contributed by atoms with E-state index in [0.717, 1.165) is 38.4 Å². The van der Waals surface area contributed by atoms with E-state index in [-0.39, 0.29) is 23.9 Å². The van der Waals surface area contributed by atoms with E-state index in [0.29, 0.717) is 5.56 Å². The summed E-state index contributed by atoms with van der Waals surface area (Å²) in [5.74, 6) is -0.253. The third kappa shape index (κ3) is 5.48. The molecule has 0 bridgehead atoms. The molecule has 2 rings (SSSR count). The molecule has 2 N–H and O–H groups in total. The number of carbonyl (C=O) groups is 1. The zero-order valence-corrected chi connectivity index (χ0v) is 14.1. The van der Waals surface area contributed by atoms with Crippen LogP contribution in [0, 0.1) is 12.7 Å². The van der Waals surface area contributed by atoms with Crippen molar-refractivity contribution in [2.24, 2.45) is 0 Å². The Hall–Kier alpha value is -1.66. The van der Waals surface area contributed by atoms with E-state index in [1.807, 2.05) is 19.9 Å². The predicted molar refractivity (Wildman–Crippen MR) is 87.9 cm³/mol. The Balaban J connectivity index is 1.79. The second-order valence-electron chi connectivity index (χ2n) is 6.16. The molecule has 6 heteroatoms. The molecule has 0 aromatic heterocycles. The summed E-state index contributed by atoms with van der Waals surface area (Å²) in [6, 6.07) is 4.58. The maximum atomic E-state index is 13.6. The molecule has 1 saturated heterocycles. The molecule has 1 heterocycles. The standard InChI is InChI=1S/C17H26FN3O2/c1-12-4-5-15(10-16(12)18)14(3)20-17(22)19-13(2)11-21-6-8-23-9-7-21/h4-5,10,13-14H,6-9,11H2,1-3H3,(H2,19,20,22). The molecule has 23 heavy (non-hydrogen) atoms. The van der Waals surface area contributed by atoms with Gasteiger partial charge in [-0.05, 0) is 38.0 Å². The minimum Gasteiger partial charge on any atom is -0.379 e. The van der Waals surface area contributed by atoms with E-state index in [9.17, 15) is 9.18 Å². The first-order chi connectivity index (χ1) is 11.0. The smallest absolute Gasteiger partial charge is 0.315 e. The predicted octanol–water partition coefficient (Wildman–Crippen LogP) is 2.22. The van der Waals surface area contributed by atoms with E-state index in [2.05, 4.69) is 15.5 Å². The van der Waals surface area contributed by atoms with Crippen LogP contribution < -0.4 is 10.6 Å². The zero-order chi connectivity index (χ0) is 16.8. The number of nitrogens with one attached hydrogen (secondary N) is 2. The molecule has 2 atom stereocenters. The number of morpholine rings is 1. The number of hydrogen-bond donors (Lipinski definition) is 2. The van der Waals surface area contributed by atoms with Gasteiger partial charge in [-0.25, -0.2) is 9.18 Å². The van der Waals surface area contributed by atoms with Crippen molar-refractivity contribution in [1.29, 1.82) is 0 Å². The second kappa shape index (κ2) is 8.26. The van der Waals surface area contributed by atoms with Crippen molar-refractivity contribution >= 4 is 6.03 Å². The first kappa shape index (κ1) is 17.7. The summed E-state index contributed by atoms with van der Waals surface area (Å²) < 4.78 is 18.9. The van der Waals surface area contributed by atoms with Crippen LogP contribution >= 0.6 is 0 Å². The largest absolute Gasteiger partial charge is 0.379 e. The Labute approximate surface area is 137 Å². The van der Waals surface area contributed by atoms with Crippen LogP contribution in [0.1, 0.15) is 31.0 Å². The molecule has 0 spiro atoms. The van der Waals surface area contributed by atoms with Crippen molar-refractivity contribution in [3.63, 3.8) is 0 Å². The van der Waals surface area contributed by atoms with Gasteiger partial charge in [0.05, 0.1) is 19.3 Å². The summed E-state index contributed by atoms with van der Waals surface area (Å²) in [6.45, 7) is 9.62. The number of rotatable bonds is 5. The van der Waals surface area contributed by atoms with Crippen molar-refractivity contribution in [1.82, 2.24) is 15.5 Å². The van der Waals surface area contributed by atoms with Crippen LogP contribution in [0.25, 0.3) is 0 Å². The van der Waals surface area contributed by atoms with Crippen LogP contribution in [0.15, 0.2) is 18.2 Å². The third-order valence-corrected chi connectivity index (χ3v) is 4.06. The lowest BCUT2D eigenvalue weighted by Gasteiger charge is -2.29. The lowest BCUT2D eigenvalue weighted by atomic mass is 10.1. The van der Waals surface area contributed by atoms with Crippen LogP contribution in [0.3, 0.4) is 0 Å². The van der Waals surface area contributed by atoms with E-state index >= 15 is 0 Å². The van der Waals surface area contributed by atoms with Gasteiger partial charge in [-0.1, -0.05) is 12.1 Å². The van der Waals surface area contributed by atoms with Gasteiger partial charge in [0, 0.05) is 25.7 Å². The van der Waals surface area contributed by atoms with Gasteiger partial charge >= 0.3 is 6.03 Å². The van der Waals surface area contributed by atoms with Crippen molar-refractivity contribution in [2.75, 3.05) is 32.8 Å². The topological polar surface area (TPSA) is 53.6 Å². The molecule has 1 aliphatic rings. The highest BCUT2D eigenvalue weighted by molar-refractivity contribution is 5.74. The lowest BCUT2D eigenvalue weighted by molar-refractivity contribution is 0.0349. The molecule has 2 amide bonds. The third-order valence-electron chi connectivity index (χ3n) is 4.06. The van der Waals surface area contributed by atoms with E-state index in [4.69, 9.17) is 4.74 Å². The Bertz CT molecular complexity index is 533. The summed E-state index contributed by atoms with van der Waals surface area (Å²) in [5.41, 5.74) is 1.36. The molecule has 1 fully saturated rings. The van der Waals surface area contributed by atoms with Crippen LogP contribution in [0.5, 0.6) is 0 Å². The van der Waals surface area contributed by atoms with Gasteiger partial charge in [-0.3, -0.25) is 4.90 Å². The zero-order valence-electron chi connectivity index (χ0n) is 14.1. The van der Waals surface area contributed by atoms with Gasteiger partial charge in [0.25, 0.3) is 0 Å². The monoisotopic (exact) mass is 323 g/mol. The van der Waals surface area contributed by atoms with Crippen molar-refractivity contribution in [3.8, 4) is 0 Å². The number of ether oxygens (including phenoxy) is 1. The van der Waals surface area contributed by atoms with Crippen LogP contribution in [0.4, 0.5) is 9.18 Å². The van der Waals surface area contributed by atoms with Gasteiger partial charge in [-0.15, -0.1) is 0 Å². The number of nitrogens with zero attached hydrogens (tertiary/aromatic N) is 1. The Kier molecular flexibility index (Phi) is 6.36. The summed E-state index contributed by atoms with van der Waals surface area (Å²) in [4.78, 5) is 14.3. The summed E-state index contributed by atoms with van der Waals surface area (Å²) in [5, 5.41) is 5.78. The molecule has 2 unspecified atom stereocenters. The SMILES string of the molecule is Cc1ccc(C(C)NC(=O)NC(C)CN2CCOCC2)cc1F. The number of hydrogen-bond acceptors (Lipinski definition) is 3. The van der Waals surface area contributed by atoms with Crippen molar-refractivity contribution in [3.05, 3.63) is 35.1 Å². The minimum atomic E-state index is -0.253. The highest BCUT2D eigenvalue weighted by atomic mass is 19.1. The maximum Gasteiger partial charge on any atom is 0.315 e. The maximum absolute atomic E-state index is 13.6. The molecule has 128 valence electrons. The van der Waals surface area contributed by atoms with Gasteiger partial charge in [-0.2, -0.15) is 0 Å². The average Bonchev–Trinajstić information content (AvgIpc) is 2.50. The highest BCUT2D eigenvalue weighted by Crippen LogP contribution is 2.16. The Morgan fingerprint density at radius 2 is 2.00 bits per heavy atom. The van der Waals surface area contributed by atoms with Gasteiger partial charge in [0.2, 0.25) is 0 Å². The highest BCUT2D eigenvalue weighted by Gasteiger charge is 2.16. The lowest BCUT2D eigenvalue weighted by Crippen LogP contribution is -2.48. The number of benzene rings is 1. The molecule has 5 nitrogen and oxygen atoms in total. The second-order valence-corrected chi connectivity index (χ2v) is 6.16.